The van der Waals surface area contributed by atoms with Gasteiger partial charge in [0.05, 0.1) is 22.9 Å². The second-order valence-corrected chi connectivity index (χ2v) is 8.33. The third-order valence-electron chi connectivity index (χ3n) is 4.03. The first-order chi connectivity index (χ1) is 14.3. The number of halogens is 1. The molecule has 0 aliphatic heterocycles. The summed E-state index contributed by atoms with van der Waals surface area (Å²) in [6.07, 6.45) is 0. The first-order valence-corrected chi connectivity index (χ1v) is 10.8. The number of ether oxygens (including phenoxy) is 1. The summed E-state index contributed by atoms with van der Waals surface area (Å²) in [5, 5.41) is 13.0. The summed E-state index contributed by atoms with van der Waals surface area (Å²) in [4.78, 5) is 12.3. The molecule has 0 saturated carbocycles. The van der Waals surface area contributed by atoms with Crippen LogP contribution in [0.4, 0.5) is 11.4 Å². The van der Waals surface area contributed by atoms with E-state index >= 15 is 0 Å². The topological polar surface area (TPSA) is 105 Å². The number of anilines is 2. The molecule has 3 rings (SSSR count). The van der Waals surface area contributed by atoms with Crippen LogP contribution in [-0.2, 0) is 10.0 Å². The van der Waals surface area contributed by atoms with Crippen LogP contribution in [-0.4, -0.2) is 26.0 Å². The van der Waals surface area contributed by atoms with E-state index in [0.29, 0.717) is 22.9 Å². The summed E-state index contributed by atoms with van der Waals surface area (Å²) in [7, 11) is -3.97. The Morgan fingerprint density at radius 3 is 2.47 bits per heavy atom. The van der Waals surface area contributed by atoms with Crippen molar-refractivity contribution in [3.8, 4) is 11.5 Å². The molecule has 7 nitrogen and oxygen atoms in total. The number of carbonyl (C=O) groups excluding carboxylic acids is 1. The second kappa shape index (κ2) is 9.06. The van der Waals surface area contributed by atoms with E-state index in [1.165, 1.54) is 24.3 Å². The fourth-order valence-corrected chi connectivity index (χ4v) is 3.88. The highest BCUT2D eigenvalue weighted by molar-refractivity contribution is 7.92. The Hall–Kier alpha value is -3.23. The number of hydrogen-bond donors (Lipinski definition) is 3. The molecule has 0 atom stereocenters. The third kappa shape index (κ3) is 5.22. The van der Waals surface area contributed by atoms with Gasteiger partial charge in [0.25, 0.3) is 15.9 Å². The molecule has 0 unspecified atom stereocenters. The first-order valence-electron chi connectivity index (χ1n) is 8.94. The molecule has 3 N–H and O–H groups in total. The molecule has 0 radical (unpaired) electrons. The monoisotopic (exact) mass is 446 g/mol. The van der Waals surface area contributed by atoms with Crippen molar-refractivity contribution in [3.63, 3.8) is 0 Å². The summed E-state index contributed by atoms with van der Waals surface area (Å²) in [6.45, 7) is 2.36. The molecule has 0 spiro atoms. The van der Waals surface area contributed by atoms with Crippen LogP contribution in [0.1, 0.15) is 17.3 Å². The Balaban J connectivity index is 1.81. The van der Waals surface area contributed by atoms with Gasteiger partial charge in [0.2, 0.25) is 0 Å². The van der Waals surface area contributed by atoms with Crippen LogP contribution in [0.25, 0.3) is 0 Å². The number of sulfonamides is 1. The number of aromatic hydroxyl groups is 1. The minimum absolute atomic E-state index is 0.0390. The molecule has 1 amide bonds. The molecule has 3 aromatic carbocycles. The number of nitrogens with one attached hydrogen (secondary N) is 2. The van der Waals surface area contributed by atoms with Crippen molar-refractivity contribution >= 4 is 38.9 Å². The van der Waals surface area contributed by atoms with Crippen molar-refractivity contribution in [2.75, 3.05) is 16.6 Å². The largest absolute Gasteiger partial charge is 0.506 e. The van der Waals surface area contributed by atoms with Crippen LogP contribution in [0.15, 0.2) is 71.6 Å². The average molecular weight is 447 g/mol. The van der Waals surface area contributed by atoms with Gasteiger partial charge in [0.15, 0.2) is 0 Å². The Morgan fingerprint density at radius 1 is 1.07 bits per heavy atom. The molecular formula is C21H19ClN2O5S. The van der Waals surface area contributed by atoms with Crippen molar-refractivity contribution in [2.24, 2.45) is 0 Å². The molecule has 0 aliphatic rings. The minimum Gasteiger partial charge on any atom is -0.506 e. The highest BCUT2D eigenvalue weighted by Gasteiger charge is 2.18. The predicted molar refractivity (Wildman–Crippen MR) is 116 cm³/mol. The zero-order chi connectivity index (χ0) is 21.7. The van der Waals surface area contributed by atoms with Crippen LogP contribution >= 0.6 is 11.6 Å². The average Bonchev–Trinajstić information content (AvgIpc) is 2.70. The Morgan fingerprint density at radius 2 is 1.80 bits per heavy atom. The first kappa shape index (κ1) is 21.5. The second-order valence-electron chi connectivity index (χ2n) is 6.21. The van der Waals surface area contributed by atoms with Gasteiger partial charge < -0.3 is 15.2 Å². The van der Waals surface area contributed by atoms with Crippen LogP contribution in [0.5, 0.6) is 11.5 Å². The fraction of sp³-hybridized carbons (Fsp3) is 0.0952. The summed E-state index contributed by atoms with van der Waals surface area (Å²) in [6, 6.07) is 16.3. The highest BCUT2D eigenvalue weighted by Crippen LogP contribution is 2.28. The lowest BCUT2D eigenvalue weighted by Gasteiger charge is -2.12. The molecule has 0 aliphatic carbocycles. The quantitative estimate of drug-likeness (QED) is 0.463. The van der Waals surface area contributed by atoms with Gasteiger partial charge in [-0.1, -0.05) is 17.7 Å². The van der Waals surface area contributed by atoms with Crippen molar-refractivity contribution in [1.29, 1.82) is 0 Å². The smallest absolute Gasteiger partial charge is 0.261 e. The van der Waals surface area contributed by atoms with Gasteiger partial charge in [-0.25, -0.2) is 8.42 Å². The number of phenols is 1. The number of benzene rings is 3. The summed E-state index contributed by atoms with van der Waals surface area (Å²) in [5.41, 5.74) is 0.571. The van der Waals surface area contributed by atoms with E-state index in [2.05, 4.69) is 10.0 Å². The SMILES string of the molecule is CCOc1ccc(C(=O)Nc2cc(S(=O)(=O)Nc3cccc(Cl)c3)ccc2O)cc1. The van der Waals surface area contributed by atoms with Crippen LogP contribution < -0.4 is 14.8 Å². The lowest BCUT2D eigenvalue weighted by atomic mass is 10.2. The van der Waals surface area contributed by atoms with Gasteiger partial charge in [0.1, 0.15) is 11.5 Å². The van der Waals surface area contributed by atoms with Crippen LogP contribution in [0.3, 0.4) is 0 Å². The molecule has 0 heterocycles. The molecule has 0 aromatic heterocycles. The highest BCUT2D eigenvalue weighted by atomic mass is 35.5. The van der Waals surface area contributed by atoms with Crippen molar-refractivity contribution in [2.45, 2.75) is 11.8 Å². The number of carbonyl (C=O) groups is 1. The lowest BCUT2D eigenvalue weighted by Crippen LogP contribution is -2.15. The standard InChI is InChI=1S/C21H19ClN2O5S/c1-2-29-17-8-6-14(7-9-17)21(26)23-19-13-18(10-11-20(19)25)30(27,28)24-16-5-3-4-15(22)12-16/h3-13,24-25H,2H2,1H3,(H,23,26). The summed E-state index contributed by atoms with van der Waals surface area (Å²) >= 11 is 5.89. The van der Waals surface area contributed by atoms with Crippen LogP contribution in [0, 0.1) is 0 Å². The number of hydrogen-bond acceptors (Lipinski definition) is 5. The molecule has 0 fully saturated rings. The molecule has 0 bridgehead atoms. The van der Waals surface area contributed by atoms with Gasteiger partial charge in [-0.15, -0.1) is 0 Å². The Kier molecular flexibility index (Phi) is 6.49. The minimum atomic E-state index is -3.97. The maximum absolute atomic E-state index is 12.7. The van der Waals surface area contributed by atoms with E-state index < -0.39 is 15.9 Å². The third-order valence-corrected chi connectivity index (χ3v) is 5.64. The number of phenolic OH excluding ortho intramolecular Hbond substituents is 1. The van der Waals surface area contributed by atoms with Crippen molar-refractivity contribution in [1.82, 2.24) is 0 Å². The van der Waals surface area contributed by atoms with E-state index in [1.807, 2.05) is 6.92 Å². The zero-order valence-corrected chi connectivity index (χ0v) is 17.5. The lowest BCUT2D eigenvalue weighted by molar-refractivity contribution is 0.102. The molecule has 3 aromatic rings. The number of rotatable bonds is 7. The van der Waals surface area contributed by atoms with E-state index in [1.54, 1.807) is 42.5 Å². The van der Waals surface area contributed by atoms with Crippen molar-refractivity contribution < 1.29 is 23.1 Å². The normalized spacial score (nSPS) is 11.0. The zero-order valence-electron chi connectivity index (χ0n) is 15.9. The molecule has 156 valence electrons. The molecular weight excluding hydrogens is 428 g/mol. The number of amides is 1. The van der Waals surface area contributed by atoms with Gasteiger partial charge in [0, 0.05) is 10.6 Å². The summed E-state index contributed by atoms with van der Waals surface area (Å²) < 4.78 is 33.1. The van der Waals surface area contributed by atoms with E-state index in [4.69, 9.17) is 16.3 Å². The van der Waals surface area contributed by atoms with Gasteiger partial charge >= 0.3 is 0 Å². The molecule has 0 saturated heterocycles. The van der Waals surface area contributed by atoms with E-state index in [0.717, 1.165) is 0 Å². The summed E-state index contributed by atoms with van der Waals surface area (Å²) in [5.74, 6) is -0.154. The van der Waals surface area contributed by atoms with Crippen molar-refractivity contribution in [3.05, 3.63) is 77.3 Å². The predicted octanol–water partition coefficient (Wildman–Crippen LogP) is 4.50. The van der Waals surface area contributed by atoms with E-state index in [9.17, 15) is 18.3 Å². The fourth-order valence-electron chi connectivity index (χ4n) is 2.61. The molecule has 30 heavy (non-hydrogen) atoms. The molecule has 9 heteroatoms. The Labute approximate surface area is 179 Å². The Bertz CT molecular complexity index is 1160. The van der Waals surface area contributed by atoms with Crippen LogP contribution in [0.2, 0.25) is 5.02 Å². The van der Waals surface area contributed by atoms with E-state index in [-0.39, 0.29) is 22.0 Å². The van der Waals surface area contributed by atoms with Gasteiger partial charge in [-0.3, -0.25) is 9.52 Å². The maximum atomic E-state index is 12.7. The van der Waals surface area contributed by atoms with Gasteiger partial charge in [-0.05, 0) is 67.6 Å². The maximum Gasteiger partial charge on any atom is 0.261 e. The van der Waals surface area contributed by atoms with Gasteiger partial charge in [-0.2, -0.15) is 0 Å².